The Hall–Kier alpha value is -1.22. The van der Waals surface area contributed by atoms with Crippen LogP contribution >= 0.6 is 11.8 Å². The predicted molar refractivity (Wildman–Crippen MR) is 82.8 cm³/mol. The average molecular weight is 312 g/mol. The van der Waals surface area contributed by atoms with Gasteiger partial charge in [-0.1, -0.05) is 11.8 Å². The molecular weight excluding hydrogens is 288 g/mol. The number of hydrogen-bond acceptors (Lipinski definition) is 5. The van der Waals surface area contributed by atoms with Crippen molar-refractivity contribution in [2.24, 2.45) is 5.41 Å². The van der Waals surface area contributed by atoms with Crippen LogP contribution in [0.15, 0.2) is 0 Å². The van der Waals surface area contributed by atoms with Crippen molar-refractivity contribution in [3.05, 3.63) is 0 Å². The zero-order chi connectivity index (χ0) is 16.1. The molecule has 1 amide bonds. The molecule has 0 unspecified atom stereocenters. The summed E-state index contributed by atoms with van der Waals surface area (Å²) < 4.78 is 5.35. The number of ether oxygens (including phenoxy) is 1. The first-order chi connectivity index (χ1) is 9.67. The smallest absolute Gasteiger partial charge is 0.410 e. The summed E-state index contributed by atoms with van der Waals surface area (Å²) in [6, 6.07) is 2.40. The molecule has 0 aromatic carbocycles. The van der Waals surface area contributed by atoms with Crippen molar-refractivity contribution in [1.29, 1.82) is 5.26 Å². The second-order valence-corrected chi connectivity index (χ2v) is 7.72. The Morgan fingerprint density at radius 1 is 1.33 bits per heavy atom. The minimum absolute atomic E-state index is 0.0780. The molecular formula is C15H24N2O3S. The Labute approximate surface area is 131 Å². The highest BCUT2D eigenvalue weighted by Crippen LogP contribution is 2.35. The number of thioether (sulfide) groups is 1. The third-order valence-corrected chi connectivity index (χ3v) is 4.31. The van der Waals surface area contributed by atoms with Gasteiger partial charge in [0.1, 0.15) is 5.60 Å². The summed E-state index contributed by atoms with van der Waals surface area (Å²) in [5.41, 5.74) is -0.917. The van der Waals surface area contributed by atoms with Crippen LogP contribution in [0, 0.1) is 16.7 Å². The Morgan fingerprint density at radius 2 is 1.90 bits per heavy atom. The highest BCUT2D eigenvalue weighted by Gasteiger charge is 2.37. The summed E-state index contributed by atoms with van der Waals surface area (Å²) >= 11 is 1.26. The van der Waals surface area contributed by atoms with E-state index in [-0.39, 0.29) is 11.2 Å². The lowest BCUT2D eigenvalue weighted by molar-refractivity contribution is -0.109. The van der Waals surface area contributed by atoms with Gasteiger partial charge in [0.05, 0.1) is 11.5 Å². The molecule has 21 heavy (non-hydrogen) atoms. The Morgan fingerprint density at radius 3 is 2.33 bits per heavy atom. The Balaban J connectivity index is 2.50. The summed E-state index contributed by atoms with van der Waals surface area (Å²) in [7, 11) is 0. The van der Waals surface area contributed by atoms with Crippen LogP contribution in [0.2, 0.25) is 0 Å². The minimum atomic E-state index is -0.501. The van der Waals surface area contributed by atoms with Gasteiger partial charge in [0, 0.05) is 25.8 Å². The van der Waals surface area contributed by atoms with Gasteiger partial charge < -0.3 is 9.64 Å². The van der Waals surface area contributed by atoms with Crippen molar-refractivity contribution in [3.63, 3.8) is 0 Å². The molecule has 1 rings (SSSR count). The zero-order valence-electron chi connectivity index (χ0n) is 13.3. The molecule has 1 heterocycles. The monoisotopic (exact) mass is 312 g/mol. The van der Waals surface area contributed by atoms with E-state index in [1.165, 1.54) is 18.7 Å². The molecule has 1 aliphatic heterocycles. The first-order valence-corrected chi connectivity index (χ1v) is 8.19. The van der Waals surface area contributed by atoms with Crippen LogP contribution in [0.3, 0.4) is 0 Å². The van der Waals surface area contributed by atoms with Gasteiger partial charge in [-0.2, -0.15) is 5.26 Å². The molecule has 0 atom stereocenters. The van der Waals surface area contributed by atoms with Crippen molar-refractivity contribution in [2.75, 3.05) is 18.8 Å². The molecule has 1 saturated heterocycles. The number of carbonyl (C=O) groups excluding carboxylic acids is 2. The fourth-order valence-electron chi connectivity index (χ4n) is 2.25. The quantitative estimate of drug-likeness (QED) is 0.800. The number of nitriles is 1. The van der Waals surface area contributed by atoms with Crippen molar-refractivity contribution in [2.45, 2.75) is 52.6 Å². The van der Waals surface area contributed by atoms with Gasteiger partial charge in [-0.3, -0.25) is 4.79 Å². The number of carbonyl (C=O) groups is 2. The van der Waals surface area contributed by atoms with Crippen molar-refractivity contribution in [1.82, 2.24) is 4.90 Å². The molecule has 5 nitrogen and oxygen atoms in total. The van der Waals surface area contributed by atoms with Crippen LogP contribution in [0.25, 0.3) is 0 Å². The lowest BCUT2D eigenvalue weighted by Crippen LogP contribution is -2.45. The fraction of sp³-hybridized carbons (Fsp3) is 0.800. The first kappa shape index (κ1) is 17.8. The van der Waals surface area contributed by atoms with Crippen LogP contribution in [0.5, 0.6) is 0 Å². The molecule has 0 saturated carbocycles. The minimum Gasteiger partial charge on any atom is -0.444 e. The van der Waals surface area contributed by atoms with E-state index >= 15 is 0 Å². The standard InChI is InChI=1S/C15H24N2O3S/c1-12(18)21-10-7-15(11-16)5-8-17(9-6-15)13(19)20-14(2,3)4/h5-10H2,1-4H3. The molecule has 118 valence electrons. The first-order valence-electron chi connectivity index (χ1n) is 7.20. The molecule has 1 fully saturated rings. The molecule has 0 aromatic heterocycles. The van der Waals surface area contributed by atoms with Gasteiger partial charge in [-0.25, -0.2) is 4.79 Å². The number of piperidine rings is 1. The number of likely N-dealkylation sites (tertiary alicyclic amines) is 1. The van der Waals surface area contributed by atoms with Crippen LogP contribution in [-0.2, 0) is 9.53 Å². The normalized spacial score (nSPS) is 18.0. The van der Waals surface area contributed by atoms with Crippen LogP contribution in [0.1, 0.15) is 47.0 Å². The summed E-state index contributed by atoms with van der Waals surface area (Å²) in [6.07, 6.45) is 1.66. The molecule has 1 aliphatic rings. The molecule has 0 spiro atoms. The van der Waals surface area contributed by atoms with Gasteiger partial charge in [-0.15, -0.1) is 0 Å². The molecule has 0 N–H and O–H groups in total. The maximum Gasteiger partial charge on any atom is 0.410 e. The van der Waals surface area contributed by atoms with Gasteiger partial charge in [0.15, 0.2) is 5.12 Å². The van der Waals surface area contributed by atoms with Crippen LogP contribution in [0.4, 0.5) is 4.79 Å². The SMILES string of the molecule is CC(=O)SCCC1(C#N)CCN(C(=O)OC(C)(C)C)CC1. The lowest BCUT2D eigenvalue weighted by Gasteiger charge is -2.37. The molecule has 0 aromatic rings. The number of nitrogens with zero attached hydrogens (tertiary/aromatic N) is 2. The van der Waals surface area contributed by atoms with E-state index in [1.807, 2.05) is 20.8 Å². The van der Waals surface area contributed by atoms with Gasteiger partial charge >= 0.3 is 6.09 Å². The summed E-state index contributed by atoms with van der Waals surface area (Å²) in [6.45, 7) is 8.13. The summed E-state index contributed by atoms with van der Waals surface area (Å²) in [5.74, 6) is 0.662. The third kappa shape index (κ3) is 5.96. The second-order valence-electron chi connectivity index (χ2n) is 6.45. The number of rotatable bonds is 3. The number of amides is 1. The topological polar surface area (TPSA) is 70.4 Å². The van der Waals surface area contributed by atoms with E-state index in [9.17, 15) is 14.9 Å². The molecule has 6 heteroatoms. The number of hydrogen-bond donors (Lipinski definition) is 0. The Bertz CT molecular complexity index is 429. The predicted octanol–water partition coefficient (Wildman–Crippen LogP) is 3.20. The van der Waals surface area contributed by atoms with Crippen molar-refractivity contribution in [3.8, 4) is 6.07 Å². The van der Waals surface area contributed by atoms with E-state index in [2.05, 4.69) is 6.07 Å². The maximum atomic E-state index is 12.0. The highest BCUT2D eigenvalue weighted by molar-refractivity contribution is 8.13. The second kappa shape index (κ2) is 7.17. The van der Waals surface area contributed by atoms with E-state index in [0.29, 0.717) is 38.1 Å². The molecule has 0 aliphatic carbocycles. The van der Waals surface area contributed by atoms with Gasteiger partial charge in [-0.05, 0) is 40.0 Å². The van der Waals surface area contributed by atoms with Crippen molar-refractivity contribution >= 4 is 23.0 Å². The van der Waals surface area contributed by atoms with Crippen LogP contribution in [-0.4, -0.2) is 40.6 Å². The van der Waals surface area contributed by atoms with Gasteiger partial charge in [0.2, 0.25) is 0 Å². The lowest BCUT2D eigenvalue weighted by atomic mass is 9.77. The highest BCUT2D eigenvalue weighted by atomic mass is 32.2. The molecule has 0 radical (unpaired) electrons. The van der Waals surface area contributed by atoms with Crippen molar-refractivity contribution < 1.29 is 14.3 Å². The van der Waals surface area contributed by atoms with E-state index in [4.69, 9.17) is 4.74 Å². The Kier molecular flexibility index (Phi) is 6.09. The van der Waals surface area contributed by atoms with Crippen LogP contribution < -0.4 is 0 Å². The summed E-state index contributed by atoms with van der Waals surface area (Å²) in [5, 5.41) is 9.52. The zero-order valence-corrected chi connectivity index (χ0v) is 14.1. The summed E-state index contributed by atoms with van der Waals surface area (Å²) in [4.78, 5) is 24.6. The van der Waals surface area contributed by atoms with E-state index in [1.54, 1.807) is 4.90 Å². The largest absolute Gasteiger partial charge is 0.444 e. The van der Waals surface area contributed by atoms with E-state index < -0.39 is 11.0 Å². The van der Waals surface area contributed by atoms with Gasteiger partial charge in [0.25, 0.3) is 0 Å². The van der Waals surface area contributed by atoms with E-state index in [0.717, 1.165) is 0 Å². The fourth-order valence-corrected chi connectivity index (χ4v) is 3.03. The third-order valence-electron chi connectivity index (χ3n) is 3.50. The average Bonchev–Trinajstić information content (AvgIpc) is 2.37. The maximum absolute atomic E-state index is 12.0. The molecule has 0 bridgehead atoms.